The molecule has 0 saturated carbocycles. The first kappa shape index (κ1) is 18.3. The maximum Gasteiger partial charge on any atom is 0.225 e. The number of anilines is 1. The molecule has 2 aliphatic heterocycles. The van der Waals surface area contributed by atoms with Gasteiger partial charge in [0.2, 0.25) is 5.95 Å². The van der Waals surface area contributed by atoms with Crippen molar-refractivity contribution in [2.45, 2.75) is 26.2 Å². The molecule has 5 nitrogen and oxygen atoms in total. The largest absolute Gasteiger partial charge is 0.338 e. The molecule has 1 saturated heterocycles. The Morgan fingerprint density at radius 2 is 1.62 bits per heavy atom. The van der Waals surface area contributed by atoms with Crippen molar-refractivity contribution in [1.82, 2.24) is 14.9 Å². The highest BCUT2D eigenvalue weighted by atomic mass is 15.3. The summed E-state index contributed by atoms with van der Waals surface area (Å²) in [5.41, 5.74) is 5.79. The van der Waals surface area contributed by atoms with E-state index in [0.717, 1.165) is 48.9 Å². The zero-order valence-electron chi connectivity index (χ0n) is 17.6. The normalized spacial score (nSPS) is 18.8. The minimum Gasteiger partial charge on any atom is -0.338 e. The number of aromatic nitrogens is 2. The molecule has 0 bridgehead atoms. The number of aliphatic imine (C=N–C) groups is 1. The quantitative estimate of drug-likeness (QED) is 0.654. The fourth-order valence-electron chi connectivity index (χ4n) is 4.39. The maximum absolute atomic E-state index is 4.78. The summed E-state index contributed by atoms with van der Waals surface area (Å²) in [6.45, 7) is 10.7. The molecule has 0 spiro atoms. The minimum absolute atomic E-state index is 0.0242. The fraction of sp³-hybridized carbons (Fsp3) is 0.375. The van der Waals surface area contributed by atoms with Gasteiger partial charge in [-0.3, -0.25) is 4.99 Å². The van der Waals surface area contributed by atoms with Crippen LogP contribution in [0.25, 0.3) is 21.9 Å². The van der Waals surface area contributed by atoms with E-state index in [9.17, 15) is 0 Å². The lowest BCUT2D eigenvalue weighted by Crippen LogP contribution is -2.45. The number of hydrogen-bond donors (Lipinski definition) is 0. The molecule has 1 fully saturated rings. The molecule has 29 heavy (non-hydrogen) atoms. The van der Waals surface area contributed by atoms with Gasteiger partial charge in [-0.1, -0.05) is 32.0 Å². The lowest BCUT2D eigenvalue weighted by Gasteiger charge is -2.32. The Bertz CT molecular complexity index is 1110. The Morgan fingerprint density at radius 3 is 2.34 bits per heavy atom. The third kappa shape index (κ3) is 3.01. The molecule has 0 aliphatic carbocycles. The third-order valence-corrected chi connectivity index (χ3v) is 6.57. The van der Waals surface area contributed by atoms with Crippen molar-refractivity contribution in [1.29, 1.82) is 0 Å². The van der Waals surface area contributed by atoms with E-state index in [1.165, 1.54) is 22.0 Å². The van der Waals surface area contributed by atoms with Gasteiger partial charge in [-0.05, 0) is 48.0 Å². The monoisotopic (exact) mass is 385 g/mol. The van der Waals surface area contributed by atoms with Crippen molar-refractivity contribution in [3.05, 3.63) is 48.3 Å². The van der Waals surface area contributed by atoms with Gasteiger partial charge >= 0.3 is 0 Å². The van der Waals surface area contributed by atoms with E-state index in [1.807, 2.05) is 12.4 Å². The van der Waals surface area contributed by atoms with Gasteiger partial charge in [0.25, 0.3) is 0 Å². The molecule has 2 aromatic carbocycles. The zero-order valence-corrected chi connectivity index (χ0v) is 17.6. The van der Waals surface area contributed by atoms with Gasteiger partial charge in [-0.2, -0.15) is 0 Å². The molecule has 0 unspecified atom stereocenters. The van der Waals surface area contributed by atoms with Crippen molar-refractivity contribution in [3.8, 4) is 11.1 Å². The molecule has 148 valence electrons. The van der Waals surface area contributed by atoms with E-state index >= 15 is 0 Å². The summed E-state index contributed by atoms with van der Waals surface area (Å²) in [5, 5.41) is 2.52. The van der Waals surface area contributed by atoms with Gasteiger partial charge < -0.3 is 9.80 Å². The Morgan fingerprint density at radius 1 is 0.897 bits per heavy atom. The van der Waals surface area contributed by atoms with Gasteiger partial charge in [-0.25, -0.2) is 9.97 Å². The summed E-state index contributed by atoms with van der Waals surface area (Å²) >= 11 is 0. The van der Waals surface area contributed by atoms with E-state index in [4.69, 9.17) is 4.99 Å². The van der Waals surface area contributed by atoms with Crippen LogP contribution in [-0.4, -0.2) is 53.8 Å². The molecule has 0 radical (unpaired) electrons. The predicted octanol–water partition coefficient (Wildman–Crippen LogP) is 4.43. The highest BCUT2D eigenvalue weighted by Gasteiger charge is 2.33. The first-order valence-corrected chi connectivity index (χ1v) is 10.3. The molecule has 0 amide bonds. The van der Waals surface area contributed by atoms with Gasteiger partial charge in [-0.15, -0.1) is 0 Å². The summed E-state index contributed by atoms with van der Waals surface area (Å²) in [6.07, 6.45) is 3.90. The van der Waals surface area contributed by atoms with Crippen molar-refractivity contribution in [3.63, 3.8) is 0 Å². The van der Waals surface area contributed by atoms with Crippen molar-refractivity contribution >= 4 is 28.1 Å². The topological polar surface area (TPSA) is 44.6 Å². The smallest absolute Gasteiger partial charge is 0.225 e. The summed E-state index contributed by atoms with van der Waals surface area (Å²) in [5.74, 6) is 0.829. The molecule has 0 N–H and O–H groups in total. The number of benzene rings is 2. The Hall–Kier alpha value is -2.79. The maximum atomic E-state index is 4.78. The van der Waals surface area contributed by atoms with Crippen LogP contribution < -0.4 is 4.90 Å². The van der Waals surface area contributed by atoms with Crippen LogP contribution >= 0.6 is 0 Å². The van der Waals surface area contributed by atoms with Gasteiger partial charge in [0, 0.05) is 55.3 Å². The summed E-state index contributed by atoms with van der Waals surface area (Å²) < 4.78 is 0. The van der Waals surface area contributed by atoms with Crippen LogP contribution in [0.1, 0.15) is 26.3 Å². The van der Waals surface area contributed by atoms with Crippen LogP contribution in [0, 0.1) is 0 Å². The molecular weight excluding hydrogens is 358 g/mol. The average molecular weight is 386 g/mol. The molecule has 3 aromatic rings. The van der Waals surface area contributed by atoms with E-state index in [-0.39, 0.29) is 5.41 Å². The number of nitrogens with zero attached hydrogens (tertiary/aromatic N) is 5. The van der Waals surface area contributed by atoms with Crippen LogP contribution in [-0.2, 0) is 5.41 Å². The van der Waals surface area contributed by atoms with E-state index in [2.05, 4.69) is 77.9 Å². The third-order valence-electron chi connectivity index (χ3n) is 6.57. The Labute approximate surface area is 172 Å². The molecule has 5 rings (SSSR count). The van der Waals surface area contributed by atoms with Crippen LogP contribution in [0.5, 0.6) is 0 Å². The second kappa shape index (κ2) is 6.63. The van der Waals surface area contributed by atoms with Gasteiger partial charge in [0.15, 0.2) is 0 Å². The van der Waals surface area contributed by atoms with E-state index in [0.29, 0.717) is 0 Å². The van der Waals surface area contributed by atoms with Crippen LogP contribution in [0.4, 0.5) is 11.6 Å². The minimum atomic E-state index is -0.0242. The molecule has 1 aromatic heterocycles. The number of fused-ring (bicyclic) bond motifs is 3. The van der Waals surface area contributed by atoms with Crippen LogP contribution in [0.3, 0.4) is 0 Å². The lowest BCUT2D eigenvalue weighted by atomic mass is 9.79. The van der Waals surface area contributed by atoms with Crippen molar-refractivity contribution in [2.24, 2.45) is 4.99 Å². The second-order valence-electron chi connectivity index (χ2n) is 8.78. The van der Waals surface area contributed by atoms with Crippen LogP contribution in [0.15, 0.2) is 47.7 Å². The van der Waals surface area contributed by atoms with E-state index < -0.39 is 0 Å². The van der Waals surface area contributed by atoms with E-state index in [1.54, 1.807) is 0 Å². The van der Waals surface area contributed by atoms with Crippen molar-refractivity contribution < 1.29 is 0 Å². The molecule has 5 heteroatoms. The molecule has 0 atom stereocenters. The van der Waals surface area contributed by atoms with Crippen LogP contribution in [0.2, 0.25) is 0 Å². The standard InChI is InChI=1S/C24H27N5/c1-16-24(2,3)22-20-7-5-17(13-18(20)6-8-21(22)27-16)19-14-25-23(26-15-19)29-11-9-28(4)10-12-29/h5-8,13-15H,9-12H2,1-4H3. The highest BCUT2D eigenvalue weighted by Crippen LogP contribution is 2.44. The lowest BCUT2D eigenvalue weighted by molar-refractivity contribution is 0.311. The molecule has 3 heterocycles. The SMILES string of the molecule is CC1=Nc2ccc3cc(-c4cnc(N5CCN(C)CC5)nc4)ccc3c2C1(C)C. The first-order valence-electron chi connectivity index (χ1n) is 10.3. The first-order chi connectivity index (χ1) is 13.9. The Balaban J connectivity index is 1.47. The second-order valence-corrected chi connectivity index (χ2v) is 8.78. The number of rotatable bonds is 2. The summed E-state index contributed by atoms with van der Waals surface area (Å²) in [7, 11) is 2.16. The average Bonchev–Trinajstić information content (AvgIpc) is 2.97. The molecule has 2 aliphatic rings. The number of hydrogen-bond acceptors (Lipinski definition) is 5. The summed E-state index contributed by atoms with van der Waals surface area (Å²) in [4.78, 5) is 18.7. The van der Waals surface area contributed by atoms with Crippen molar-refractivity contribution in [2.75, 3.05) is 38.1 Å². The summed E-state index contributed by atoms with van der Waals surface area (Å²) in [6, 6.07) is 11.0. The highest BCUT2D eigenvalue weighted by molar-refractivity contribution is 6.06. The number of piperazine rings is 1. The Kier molecular flexibility index (Phi) is 4.17. The number of likely N-dealkylation sites (N-methyl/N-ethyl adjacent to an activating group) is 1. The fourth-order valence-corrected chi connectivity index (χ4v) is 4.39. The van der Waals surface area contributed by atoms with Gasteiger partial charge in [0.1, 0.15) is 0 Å². The predicted molar refractivity (Wildman–Crippen MR) is 120 cm³/mol. The zero-order chi connectivity index (χ0) is 20.2. The molecular formula is C24H27N5. The van der Waals surface area contributed by atoms with Gasteiger partial charge in [0.05, 0.1) is 5.69 Å².